The molecule has 1 aromatic rings. The Kier molecular flexibility index (Phi) is 4.19. The predicted molar refractivity (Wildman–Crippen MR) is 54.5 cm³/mol. The molecular weight excluding hydrogens is 236 g/mol. The molecule has 0 bridgehead atoms. The molecule has 94 valence electrons. The van der Waals surface area contributed by atoms with Gasteiger partial charge in [0.05, 0.1) is 13.7 Å². The van der Waals surface area contributed by atoms with Crippen LogP contribution in [0.15, 0.2) is 11.0 Å². The molecule has 0 aliphatic heterocycles. The van der Waals surface area contributed by atoms with Crippen molar-refractivity contribution in [2.45, 2.75) is 13.3 Å². The van der Waals surface area contributed by atoms with E-state index in [0.717, 1.165) is 13.3 Å². The van der Waals surface area contributed by atoms with E-state index in [-0.39, 0.29) is 12.5 Å². The lowest BCUT2D eigenvalue weighted by Gasteiger charge is -2.08. The molecule has 0 radical (unpaired) electrons. The number of esters is 1. The van der Waals surface area contributed by atoms with Gasteiger partial charge in [0.15, 0.2) is 0 Å². The first-order valence-electron chi connectivity index (χ1n) is 4.77. The third-order valence-electron chi connectivity index (χ3n) is 2.00. The van der Waals surface area contributed by atoms with Gasteiger partial charge in [0.1, 0.15) is 11.1 Å². The van der Waals surface area contributed by atoms with Crippen molar-refractivity contribution in [3.8, 4) is 5.88 Å². The first kappa shape index (κ1) is 13.1. The van der Waals surface area contributed by atoms with E-state index in [1.165, 1.54) is 0 Å². The predicted octanol–water partition coefficient (Wildman–Crippen LogP) is 1.50. The number of hydrogen-bond acceptors (Lipinski definition) is 4. The van der Waals surface area contributed by atoms with Gasteiger partial charge < -0.3 is 14.5 Å². The van der Waals surface area contributed by atoms with E-state index in [1.807, 2.05) is 0 Å². The highest BCUT2D eigenvalue weighted by Gasteiger charge is 2.24. The summed E-state index contributed by atoms with van der Waals surface area (Å²) in [6.07, 6.45) is -2.05. The van der Waals surface area contributed by atoms with Gasteiger partial charge in [0.2, 0.25) is 11.3 Å². The molecule has 0 unspecified atom stereocenters. The number of carbonyl (C=O) groups is 1. The van der Waals surface area contributed by atoms with Crippen LogP contribution >= 0.6 is 0 Å². The molecule has 0 spiro atoms. The Bertz CT molecular complexity index is 470. The van der Waals surface area contributed by atoms with Crippen LogP contribution in [-0.4, -0.2) is 24.7 Å². The van der Waals surface area contributed by atoms with Crippen molar-refractivity contribution >= 4 is 5.97 Å². The third-order valence-corrected chi connectivity index (χ3v) is 2.00. The standard InChI is InChI=1S/C10H11F2NO4/c1-3-17-10(15)5-4-13-9(16-2)6(7(5)14)8(11)12/h4,8H,3H2,1-2H3,(H,13,14). The molecule has 5 nitrogen and oxygen atoms in total. The zero-order valence-corrected chi connectivity index (χ0v) is 9.25. The maximum Gasteiger partial charge on any atom is 0.343 e. The Hall–Kier alpha value is -1.92. The number of rotatable bonds is 4. The van der Waals surface area contributed by atoms with Crippen molar-refractivity contribution in [2.24, 2.45) is 0 Å². The molecule has 1 aromatic heterocycles. The largest absolute Gasteiger partial charge is 0.482 e. The van der Waals surface area contributed by atoms with Crippen molar-refractivity contribution in [1.82, 2.24) is 4.98 Å². The van der Waals surface area contributed by atoms with Crippen LogP contribution in [-0.2, 0) is 4.74 Å². The number of H-pyrrole nitrogens is 1. The van der Waals surface area contributed by atoms with Crippen molar-refractivity contribution in [3.63, 3.8) is 0 Å². The fourth-order valence-corrected chi connectivity index (χ4v) is 1.26. The van der Waals surface area contributed by atoms with Crippen molar-refractivity contribution < 1.29 is 23.0 Å². The molecule has 1 rings (SSSR count). The number of pyridine rings is 1. The normalized spacial score (nSPS) is 10.4. The molecule has 0 saturated carbocycles. The van der Waals surface area contributed by atoms with E-state index < -0.39 is 29.0 Å². The molecule has 0 aliphatic rings. The minimum absolute atomic E-state index is 0.0499. The van der Waals surface area contributed by atoms with Crippen LogP contribution in [0.5, 0.6) is 5.88 Å². The summed E-state index contributed by atoms with van der Waals surface area (Å²) in [5.41, 5.74) is -2.44. The maximum atomic E-state index is 12.7. The highest BCUT2D eigenvalue weighted by molar-refractivity contribution is 5.89. The quantitative estimate of drug-likeness (QED) is 0.818. The van der Waals surface area contributed by atoms with E-state index in [4.69, 9.17) is 0 Å². The number of methoxy groups -OCH3 is 1. The Morgan fingerprint density at radius 1 is 1.53 bits per heavy atom. The average molecular weight is 247 g/mol. The summed E-state index contributed by atoms with van der Waals surface area (Å²) >= 11 is 0. The van der Waals surface area contributed by atoms with E-state index in [0.29, 0.717) is 0 Å². The number of halogens is 2. The van der Waals surface area contributed by atoms with Gasteiger partial charge in [-0.1, -0.05) is 0 Å². The van der Waals surface area contributed by atoms with Crippen LogP contribution in [0.4, 0.5) is 8.78 Å². The number of aromatic amines is 1. The molecular formula is C10H11F2NO4. The van der Waals surface area contributed by atoms with Crippen LogP contribution in [0.25, 0.3) is 0 Å². The zero-order chi connectivity index (χ0) is 13.0. The minimum Gasteiger partial charge on any atom is -0.482 e. The summed E-state index contributed by atoms with van der Waals surface area (Å²) in [6, 6.07) is 0. The van der Waals surface area contributed by atoms with E-state index in [9.17, 15) is 18.4 Å². The van der Waals surface area contributed by atoms with Crippen molar-refractivity contribution in [1.29, 1.82) is 0 Å². The first-order valence-corrected chi connectivity index (χ1v) is 4.77. The van der Waals surface area contributed by atoms with Crippen LogP contribution in [0.3, 0.4) is 0 Å². The summed E-state index contributed by atoms with van der Waals surface area (Å²) in [6.45, 7) is 1.60. The molecule has 0 aliphatic carbocycles. The van der Waals surface area contributed by atoms with E-state index in [1.54, 1.807) is 6.92 Å². The van der Waals surface area contributed by atoms with Gasteiger partial charge in [-0.3, -0.25) is 4.79 Å². The molecule has 1 N–H and O–H groups in total. The lowest BCUT2D eigenvalue weighted by Crippen LogP contribution is -2.22. The first-order chi connectivity index (χ1) is 8.02. The van der Waals surface area contributed by atoms with Gasteiger partial charge >= 0.3 is 5.97 Å². The number of hydrogen-bond donors (Lipinski definition) is 1. The lowest BCUT2D eigenvalue weighted by molar-refractivity contribution is 0.0523. The molecule has 0 saturated heterocycles. The van der Waals surface area contributed by atoms with E-state index in [2.05, 4.69) is 14.5 Å². The summed E-state index contributed by atoms with van der Waals surface area (Å²) in [4.78, 5) is 25.3. The van der Waals surface area contributed by atoms with Crippen LogP contribution in [0.2, 0.25) is 0 Å². The molecule has 0 amide bonds. The molecule has 1 heterocycles. The highest BCUT2D eigenvalue weighted by atomic mass is 19.3. The Balaban J connectivity index is 3.33. The van der Waals surface area contributed by atoms with Gasteiger partial charge in [-0.25, -0.2) is 13.6 Å². The van der Waals surface area contributed by atoms with E-state index >= 15 is 0 Å². The van der Waals surface area contributed by atoms with Crippen molar-refractivity contribution in [2.75, 3.05) is 13.7 Å². The fraction of sp³-hybridized carbons (Fsp3) is 0.400. The minimum atomic E-state index is -3.04. The SMILES string of the molecule is CCOC(=O)c1c[nH]c(OC)c(C(F)F)c1=O. The Morgan fingerprint density at radius 2 is 2.18 bits per heavy atom. The van der Waals surface area contributed by atoms with Gasteiger partial charge in [-0.05, 0) is 6.92 Å². The molecule has 0 atom stereocenters. The smallest absolute Gasteiger partial charge is 0.343 e. The van der Waals surface area contributed by atoms with Gasteiger partial charge in [0.25, 0.3) is 6.43 Å². The van der Waals surface area contributed by atoms with Crippen LogP contribution in [0.1, 0.15) is 29.3 Å². The van der Waals surface area contributed by atoms with Gasteiger partial charge in [0, 0.05) is 6.20 Å². The summed E-state index contributed by atoms with van der Waals surface area (Å²) < 4.78 is 34.5. The molecule has 0 aromatic carbocycles. The fourth-order valence-electron chi connectivity index (χ4n) is 1.26. The Labute approximate surface area is 95.4 Å². The summed E-state index contributed by atoms with van der Waals surface area (Å²) in [7, 11) is 1.14. The second-order valence-corrected chi connectivity index (χ2v) is 3.00. The van der Waals surface area contributed by atoms with Crippen LogP contribution < -0.4 is 10.2 Å². The number of carbonyl (C=O) groups excluding carboxylic acids is 1. The third kappa shape index (κ3) is 2.61. The lowest BCUT2D eigenvalue weighted by atomic mass is 10.2. The number of alkyl halides is 2. The topological polar surface area (TPSA) is 68.4 Å². The Morgan fingerprint density at radius 3 is 2.65 bits per heavy atom. The van der Waals surface area contributed by atoms with Crippen molar-refractivity contribution in [3.05, 3.63) is 27.5 Å². The highest BCUT2D eigenvalue weighted by Crippen LogP contribution is 2.23. The molecule has 0 fully saturated rings. The number of ether oxygens (including phenoxy) is 2. The van der Waals surface area contributed by atoms with Gasteiger partial charge in [-0.2, -0.15) is 0 Å². The second kappa shape index (κ2) is 5.42. The number of nitrogens with one attached hydrogen (secondary N) is 1. The molecule has 7 heteroatoms. The van der Waals surface area contributed by atoms with Crippen LogP contribution in [0, 0.1) is 0 Å². The summed E-state index contributed by atoms with van der Waals surface area (Å²) in [5.74, 6) is -1.31. The average Bonchev–Trinajstić information content (AvgIpc) is 2.27. The second-order valence-electron chi connectivity index (χ2n) is 3.00. The number of aromatic nitrogens is 1. The van der Waals surface area contributed by atoms with Gasteiger partial charge in [-0.15, -0.1) is 0 Å². The zero-order valence-electron chi connectivity index (χ0n) is 9.25. The molecule has 17 heavy (non-hydrogen) atoms. The summed E-state index contributed by atoms with van der Waals surface area (Å²) in [5, 5.41) is 0. The monoisotopic (exact) mass is 247 g/mol. The maximum absolute atomic E-state index is 12.7.